The molecule has 1 aliphatic carbocycles. The van der Waals surface area contributed by atoms with Crippen LogP contribution in [0.4, 0.5) is 0 Å². The van der Waals surface area contributed by atoms with Gasteiger partial charge in [0.1, 0.15) is 5.69 Å². The zero-order valence-electron chi connectivity index (χ0n) is 11.2. The zero-order valence-corrected chi connectivity index (χ0v) is 12.0. The van der Waals surface area contributed by atoms with Crippen molar-refractivity contribution in [2.24, 2.45) is 0 Å². The fraction of sp³-hybridized carbons (Fsp3) is 0.385. The second-order valence-corrected chi connectivity index (χ2v) is 6.94. The Balaban J connectivity index is 1.70. The van der Waals surface area contributed by atoms with Crippen LogP contribution in [-0.4, -0.2) is 30.0 Å². The van der Waals surface area contributed by atoms with Crippen molar-refractivity contribution < 1.29 is 12.8 Å². The number of sulfonamides is 1. The van der Waals surface area contributed by atoms with Gasteiger partial charge in [0, 0.05) is 12.6 Å². The van der Waals surface area contributed by atoms with Crippen LogP contribution in [0, 0.1) is 0 Å². The van der Waals surface area contributed by atoms with Gasteiger partial charge in [0.15, 0.2) is 5.76 Å². The molecule has 0 radical (unpaired) electrons. The van der Waals surface area contributed by atoms with E-state index in [0.29, 0.717) is 24.3 Å². The Hall–Kier alpha value is -1.93. The van der Waals surface area contributed by atoms with E-state index < -0.39 is 10.0 Å². The van der Waals surface area contributed by atoms with Crippen LogP contribution in [0.3, 0.4) is 0 Å². The molecule has 1 saturated carbocycles. The van der Waals surface area contributed by atoms with E-state index in [1.54, 1.807) is 18.2 Å². The molecule has 0 atom stereocenters. The average molecular weight is 309 g/mol. The number of nitrogens with one attached hydrogen (secondary N) is 1. The van der Waals surface area contributed by atoms with Gasteiger partial charge in [-0.25, -0.2) is 17.8 Å². The Bertz CT molecular complexity index is 776. The van der Waals surface area contributed by atoms with Crippen LogP contribution in [0.15, 0.2) is 39.7 Å². The Kier molecular flexibility index (Phi) is 3.64. The first-order valence-electron chi connectivity index (χ1n) is 6.67. The first-order chi connectivity index (χ1) is 10.1. The minimum Gasteiger partial charge on any atom is -0.463 e. The maximum Gasteiger partial charge on any atom is 0.266 e. The minimum atomic E-state index is -3.24. The highest BCUT2D eigenvalue weighted by atomic mass is 32.2. The third kappa shape index (κ3) is 3.22. The molecule has 0 unspecified atom stereocenters. The summed E-state index contributed by atoms with van der Waals surface area (Å²) >= 11 is 0. The van der Waals surface area contributed by atoms with E-state index in [2.05, 4.69) is 9.82 Å². The molecule has 2 aromatic rings. The molecule has 21 heavy (non-hydrogen) atoms. The monoisotopic (exact) mass is 309 g/mol. The lowest BCUT2D eigenvalue weighted by Crippen LogP contribution is -2.33. The molecular weight excluding hydrogens is 294 g/mol. The smallest absolute Gasteiger partial charge is 0.266 e. The van der Waals surface area contributed by atoms with Gasteiger partial charge in [-0.3, -0.25) is 4.79 Å². The van der Waals surface area contributed by atoms with Crippen LogP contribution < -0.4 is 10.3 Å². The Morgan fingerprint density at radius 3 is 2.81 bits per heavy atom. The molecule has 2 aromatic heterocycles. The van der Waals surface area contributed by atoms with E-state index in [9.17, 15) is 13.2 Å². The van der Waals surface area contributed by atoms with Crippen LogP contribution in [0.1, 0.15) is 12.8 Å². The van der Waals surface area contributed by atoms with Crippen LogP contribution in [-0.2, 0) is 16.6 Å². The Labute approximate surface area is 121 Å². The maximum absolute atomic E-state index is 11.7. The number of rotatable bonds is 6. The van der Waals surface area contributed by atoms with Gasteiger partial charge in [-0.1, -0.05) is 0 Å². The Morgan fingerprint density at radius 2 is 2.14 bits per heavy atom. The normalized spacial score (nSPS) is 15.2. The van der Waals surface area contributed by atoms with Gasteiger partial charge in [-0.15, -0.1) is 0 Å². The third-order valence-electron chi connectivity index (χ3n) is 3.23. The van der Waals surface area contributed by atoms with Crippen molar-refractivity contribution in [1.82, 2.24) is 14.5 Å². The van der Waals surface area contributed by atoms with Crippen molar-refractivity contribution in [1.29, 1.82) is 0 Å². The molecule has 0 bridgehead atoms. The van der Waals surface area contributed by atoms with Crippen LogP contribution in [0.25, 0.3) is 11.5 Å². The number of furan rings is 1. The van der Waals surface area contributed by atoms with E-state index in [-0.39, 0.29) is 23.9 Å². The lowest BCUT2D eigenvalue weighted by molar-refractivity contribution is 0.539. The summed E-state index contributed by atoms with van der Waals surface area (Å²) in [6.45, 7) is 0.326. The van der Waals surface area contributed by atoms with E-state index in [1.165, 1.54) is 17.0 Å². The van der Waals surface area contributed by atoms with Gasteiger partial charge in [-0.05, 0) is 31.0 Å². The quantitative estimate of drug-likeness (QED) is 0.842. The fourth-order valence-electron chi connectivity index (χ4n) is 1.95. The molecule has 3 rings (SSSR count). The molecule has 1 fully saturated rings. The summed E-state index contributed by atoms with van der Waals surface area (Å²) in [6, 6.07) is 6.44. The molecule has 0 amide bonds. The van der Waals surface area contributed by atoms with E-state index >= 15 is 0 Å². The van der Waals surface area contributed by atoms with Gasteiger partial charge in [-0.2, -0.15) is 5.10 Å². The molecule has 0 spiro atoms. The number of aromatic nitrogens is 2. The van der Waals surface area contributed by atoms with Crippen molar-refractivity contribution in [3.63, 3.8) is 0 Å². The first kappa shape index (κ1) is 14.0. The molecule has 0 saturated heterocycles. The summed E-state index contributed by atoms with van der Waals surface area (Å²) in [5.74, 6) is 0.558. The molecule has 1 aliphatic rings. The molecule has 0 aliphatic heterocycles. The summed E-state index contributed by atoms with van der Waals surface area (Å²) in [4.78, 5) is 11.7. The van der Waals surface area contributed by atoms with Crippen molar-refractivity contribution >= 4 is 10.0 Å². The fourth-order valence-corrected chi connectivity index (χ4v) is 3.32. The zero-order chi connectivity index (χ0) is 14.9. The molecule has 0 aromatic carbocycles. The first-order valence-corrected chi connectivity index (χ1v) is 8.21. The topological polar surface area (TPSA) is 94.2 Å². The molecule has 1 N–H and O–H groups in total. The third-order valence-corrected chi connectivity index (χ3v) is 5.19. The molecule has 8 heteroatoms. The summed E-state index contributed by atoms with van der Waals surface area (Å²) in [5.41, 5.74) is 0.251. The molecular formula is C13H15N3O4S. The molecule has 112 valence electrons. The SMILES string of the molecule is O=c1ccc(-c2ccco2)nn1CCNS(=O)(=O)C1CC1. The summed E-state index contributed by atoms with van der Waals surface area (Å²) in [7, 11) is -3.24. The van der Waals surface area contributed by atoms with Gasteiger partial charge in [0.05, 0.1) is 18.1 Å². The predicted octanol–water partition coefficient (Wildman–Crippen LogP) is 0.585. The highest BCUT2D eigenvalue weighted by Gasteiger charge is 2.35. The van der Waals surface area contributed by atoms with Crippen molar-refractivity contribution in [3.8, 4) is 11.5 Å². The lowest BCUT2D eigenvalue weighted by Gasteiger charge is -2.07. The average Bonchev–Trinajstić information content (AvgIpc) is 3.18. The summed E-state index contributed by atoms with van der Waals surface area (Å²) in [6.07, 6.45) is 2.94. The second-order valence-electron chi connectivity index (χ2n) is 4.90. The number of hydrogen-bond donors (Lipinski definition) is 1. The lowest BCUT2D eigenvalue weighted by atomic mass is 10.3. The highest BCUT2D eigenvalue weighted by molar-refractivity contribution is 7.90. The van der Waals surface area contributed by atoms with Crippen molar-refractivity contribution in [3.05, 3.63) is 40.9 Å². The van der Waals surface area contributed by atoms with Crippen LogP contribution in [0.2, 0.25) is 0 Å². The summed E-state index contributed by atoms with van der Waals surface area (Å²) < 4.78 is 32.3. The number of nitrogens with zero attached hydrogens (tertiary/aromatic N) is 2. The van der Waals surface area contributed by atoms with Gasteiger partial charge in [0.2, 0.25) is 10.0 Å². The van der Waals surface area contributed by atoms with Crippen LogP contribution in [0.5, 0.6) is 0 Å². The van der Waals surface area contributed by atoms with Crippen molar-refractivity contribution in [2.45, 2.75) is 24.6 Å². The van der Waals surface area contributed by atoms with Crippen molar-refractivity contribution in [2.75, 3.05) is 6.54 Å². The van der Waals surface area contributed by atoms with Crippen LogP contribution >= 0.6 is 0 Å². The van der Waals surface area contributed by atoms with E-state index in [0.717, 1.165) is 0 Å². The maximum atomic E-state index is 11.7. The van der Waals surface area contributed by atoms with E-state index in [4.69, 9.17) is 4.42 Å². The molecule has 2 heterocycles. The summed E-state index contributed by atoms with van der Waals surface area (Å²) in [5, 5.41) is 3.90. The van der Waals surface area contributed by atoms with Gasteiger partial charge < -0.3 is 4.42 Å². The predicted molar refractivity (Wildman–Crippen MR) is 76.1 cm³/mol. The van der Waals surface area contributed by atoms with E-state index in [1.807, 2.05) is 0 Å². The van der Waals surface area contributed by atoms with Gasteiger partial charge >= 0.3 is 0 Å². The molecule has 7 nitrogen and oxygen atoms in total. The largest absolute Gasteiger partial charge is 0.463 e. The second kappa shape index (κ2) is 5.45. The minimum absolute atomic E-state index is 0.146. The Morgan fingerprint density at radius 1 is 1.33 bits per heavy atom. The highest BCUT2D eigenvalue weighted by Crippen LogP contribution is 2.27. The number of hydrogen-bond acceptors (Lipinski definition) is 5. The standard InChI is InChI=1S/C13H15N3O4S/c17-13-6-5-11(12-2-1-9-20-12)15-16(13)8-7-14-21(18,19)10-3-4-10/h1-2,5-6,9-10,14H,3-4,7-8H2. The van der Waals surface area contributed by atoms with Gasteiger partial charge in [0.25, 0.3) is 5.56 Å².